The van der Waals surface area contributed by atoms with Gasteiger partial charge in [-0.05, 0) is 30.2 Å². The van der Waals surface area contributed by atoms with Crippen LogP contribution in [0.15, 0.2) is 48.8 Å². The second kappa shape index (κ2) is 4.81. The number of nitrogens with two attached hydrogens (primary N) is 1. The Bertz CT molecular complexity index is 744. The van der Waals surface area contributed by atoms with E-state index in [1.54, 1.807) is 17.1 Å². The molecule has 4 nitrogen and oxygen atoms in total. The molecule has 0 aliphatic carbocycles. The number of hydrogen-bond acceptors (Lipinski definition) is 3. The molecule has 0 saturated carbocycles. The number of nitrogens with zero attached hydrogens (tertiary/aromatic N) is 3. The molecule has 3 aromatic rings. The van der Waals surface area contributed by atoms with E-state index in [2.05, 4.69) is 29.1 Å². The summed E-state index contributed by atoms with van der Waals surface area (Å²) in [6, 6.07) is 12.1. The first kappa shape index (κ1) is 12.4. The van der Waals surface area contributed by atoms with Crippen molar-refractivity contribution in [3.8, 4) is 22.4 Å². The second-order valence-electron chi connectivity index (χ2n) is 4.78. The zero-order chi connectivity index (χ0) is 14.1. The molecular weight excluding hydrogens is 248 g/mol. The van der Waals surface area contributed by atoms with E-state index in [0.717, 1.165) is 22.4 Å². The summed E-state index contributed by atoms with van der Waals surface area (Å²) >= 11 is 0. The maximum Gasteiger partial charge on any atom is 0.129 e. The quantitative estimate of drug-likeness (QED) is 0.774. The first-order chi connectivity index (χ1) is 9.68. The van der Waals surface area contributed by atoms with Crippen LogP contribution in [0.4, 0.5) is 5.82 Å². The van der Waals surface area contributed by atoms with Crippen molar-refractivity contribution >= 4 is 5.82 Å². The van der Waals surface area contributed by atoms with Crippen LogP contribution in [0, 0.1) is 6.92 Å². The van der Waals surface area contributed by atoms with Crippen LogP contribution < -0.4 is 5.73 Å². The van der Waals surface area contributed by atoms with Crippen LogP contribution in [-0.2, 0) is 7.05 Å². The van der Waals surface area contributed by atoms with E-state index in [1.807, 2.05) is 31.3 Å². The van der Waals surface area contributed by atoms with Crippen molar-refractivity contribution in [1.82, 2.24) is 14.8 Å². The third-order valence-electron chi connectivity index (χ3n) is 3.46. The SMILES string of the molecule is Cc1ccccc1-c1nn(C)c(N)c1-c1ccncc1. The van der Waals surface area contributed by atoms with Crippen molar-refractivity contribution in [3.63, 3.8) is 0 Å². The van der Waals surface area contributed by atoms with Gasteiger partial charge in [0.15, 0.2) is 0 Å². The van der Waals surface area contributed by atoms with E-state index in [-0.39, 0.29) is 0 Å². The summed E-state index contributed by atoms with van der Waals surface area (Å²) in [5, 5.41) is 4.59. The van der Waals surface area contributed by atoms with Crippen molar-refractivity contribution in [2.75, 3.05) is 5.73 Å². The van der Waals surface area contributed by atoms with Gasteiger partial charge in [-0.2, -0.15) is 5.10 Å². The number of pyridine rings is 1. The van der Waals surface area contributed by atoms with Gasteiger partial charge in [-0.1, -0.05) is 24.3 Å². The van der Waals surface area contributed by atoms with E-state index < -0.39 is 0 Å². The molecule has 2 N–H and O–H groups in total. The van der Waals surface area contributed by atoms with Crippen LogP contribution in [0.5, 0.6) is 0 Å². The fourth-order valence-corrected chi connectivity index (χ4v) is 2.37. The average molecular weight is 264 g/mol. The van der Waals surface area contributed by atoms with Crippen molar-refractivity contribution in [3.05, 3.63) is 54.4 Å². The van der Waals surface area contributed by atoms with Gasteiger partial charge in [-0.15, -0.1) is 0 Å². The Labute approximate surface area is 117 Å². The molecule has 2 heterocycles. The summed E-state index contributed by atoms with van der Waals surface area (Å²) in [5.74, 6) is 0.662. The number of benzene rings is 1. The Morgan fingerprint density at radius 1 is 1.05 bits per heavy atom. The number of aromatic nitrogens is 3. The first-order valence-electron chi connectivity index (χ1n) is 6.47. The van der Waals surface area contributed by atoms with Crippen LogP contribution in [-0.4, -0.2) is 14.8 Å². The van der Waals surface area contributed by atoms with E-state index in [4.69, 9.17) is 5.73 Å². The minimum absolute atomic E-state index is 0.662. The molecule has 0 aliphatic heterocycles. The van der Waals surface area contributed by atoms with Gasteiger partial charge in [0.2, 0.25) is 0 Å². The van der Waals surface area contributed by atoms with E-state index >= 15 is 0 Å². The molecule has 3 rings (SSSR count). The van der Waals surface area contributed by atoms with Gasteiger partial charge in [0.25, 0.3) is 0 Å². The smallest absolute Gasteiger partial charge is 0.129 e. The lowest BCUT2D eigenvalue weighted by Gasteiger charge is -2.06. The number of nitrogen functional groups attached to an aromatic ring is 1. The fraction of sp³-hybridized carbons (Fsp3) is 0.125. The molecule has 0 aliphatic rings. The maximum atomic E-state index is 6.20. The predicted octanol–water partition coefficient (Wildman–Crippen LogP) is 3.04. The lowest BCUT2D eigenvalue weighted by Crippen LogP contribution is -1.97. The first-order valence-corrected chi connectivity index (χ1v) is 6.47. The third-order valence-corrected chi connectivity index (χ3v) is 3.46. The summed E-state index contributed by atoms with van der Waals surface area (Å²) in [6.45, 7) is 2.08. The van der Waals surface area contributed by atoms with Gasteiger partial charge in [0.1, 0.15) is 11.5 Å². The number of aryl methyl sites for hydroxylation is 2. The van der Waals surface area contributed by atoms with Gasteiger partial charge in [0, 0.05) is 25.0 Å². The summed E-state index contributed by atoms with van der Waals surface area (Å²) < 4.78 is 1.72. The Balaban J connectivity index is 2.28. The predicted molar refractivity (Wildman–Crippen MR) is 81.0 cm³/mol. The van der Waals surface area contributed by atoms with Crippen LogP contribution in [0.1, 0.15) is 5.56 Å². The second-order valence-corrected chi connectivity index (χ2v) is 4.78. The summed E-state index contributed by atoms with van der Waals surface area (Å²) in [6.07, 6.45) is 3.53. The molecule has 0 atom stereocenters. The topological polar surface area (TPSA) is 56.7 Å². The number of anilines is 1. The standard InChI is InChI=1S/C16H16N4/c1-11-5-3-4-6-13(11)15-14(16(17)20(2)19-15)12-7-9-18-10-8-12/h3-10H,17H2,1-2H3. The van der Waals surface area contributed by atoms with Crippen molar-refractivity contribution < 1.29 is 0 Å². The van der Waals surface area contributed by atoms with Crippen LogP contribution in [0.3, 0.4) is 0 Å². The molecule has 1 aromatic carbocycles. The molecule has 0 amide bonds. The highest BCUT2D eigenvalue weighted by atomic mass is 15.3. The summed E-state index contributed by atoms with van der Waals surface area (Å²) in [7, 11) is 1.86. The molecule has 0 radical (unpaired) electrons. The van der Waals surface area contributed by atoms with Crippen LogP contribution in [0.25, 0.3) is 22.4 Å². The zero-order valence-corrected chi connectivity index (χ0v) is 11.5. The third kappa shape index (κ3) is 1.95. The molecule has 0 saturated heterocycles. The fourth-order valence-electron chi connectivity index (χ4n) is 2.37. The normalized spacial score (nSPS) is 10.7. The molecule has 0 spiro atoms. The largest absolute Gasteiger partial charge is 0.383 e. The number of hydrogen-bond donors (Lipinski definition) is 1. The van der Waals surface area contributed by atoms with Gasteiger partial charge >= 0.3 is 0 Å². The Morgan fingerprint density at radius 3 is 2.45 bits per heavy atom. The van der Waals surface area contributed by atoms with E-state index in [0.29, 0.717) is 5.82 Å². The highest BCUT2D eigenvalue weighted by Crippen LogP contribution is 2.36. The van der Waals surface area contributed by atoms with Gasteiger partial charge in [-0.3, -0.25) is 9.67 Å². The summed E-state index contributed by atoms with van der Waals surface area (Å²) in [5.41, 5.74) is 11.4. The Morgan fingerprint density at radius 2 is 1.75 bits per heavy atom. The molecule has 20 heavy (non-hydrogen) atoms. The molecule has 100 valence electrons. The molecule has 0 unspecified atom stereocenters. The van der Waals surface area contributed by atoms with E-state index in [9.17, 15) is 0 Å². The van der Waals surface area contributed by atoms with E-state index in [1.165, 1.54) is 5.56 Å². The summed E-state index contributed by atoms with van der Waals surface area (Å²) in [4.78, 5) is 4.06. The zero-order valence-electron chi connectivity index (χ0n) is 11.5. The average Bonchev–Trinajstić information content (AvgIpc) is 2.76. The monoisotopic (exact) mass is 264 g/mol. The van der Waals surface area contributed by atoms with Crippen molar-refractivity contribution in [1.29, 1.82) is 0 Å². The van der Waals surface area contributed by atoms with Crippen LogP contribution in [0.2, 0.25) is 0 Å². The molecule has 0 bridgehead atoms. The molecule has 0 fully saturated rings. The van der Waals surface area contributed by atoms with Gasteiger partial charge in [0.05, 0.1) is 5.56 Å². The minimum Gasteiger partial charge on any atom is -0.383 e. The highest BCUT2D eigenvalue weighted by molar-refractivity contribution is 5.88. The lowest BCUT2D eigenvalue weighted by atomic mass is 9.99. The van der Waals surface area contributed by atoms with Crippen LogP contribution >= 0.6 is 0 Å². The Kier molecular flexibility index (Phi) is 2.99. The maximum absolute atomic E-state index is 6.20. The minimum atomic E-state index is 0.662. The van der Waals surface area contributed by atoms with Crippen molar-refractivity contribution in [2.45, 2.75) is 6.92 Å². The van der Waals surface area contributed by atoms with Gasteiger partial charge < -0.3 is 5.73 Å². The highest BCUT2D eigenvalue weighted by Gasteiger charge is 2.18. The molecule has 2 aromatic heterocycles. The number of rotatable bonds is 2. The molecule has 4 heteroatoms. The van der Waals surface area contributed by atoms with Gasteiger partial charge in [-0.25, -0.2) is 0 Å². The Hall–Kier alpha value is -2.62. The molecular formula is C16H16N4. The lowest BCUT2D eigenvalue weighted by molar-refractivity contribution is 0.782. The van der Waals surface area contributed by atoms with Crippen molar-refractivity contribution in [2.24, 2.45) is 7.05 Å².